The van der Waals surface area contributed by atoms with E-state index in [0.29, 0.717) is 26.0 Å². The van der Waals surface area contributed by atoms with E-state index in [1.54, 1.807) is 6.20 Å². The van der Waals surface area contributed by atoms with Gasteiger partial charge in [-0.15, -0.1) is 11.3 Å². The molecule has 1 aromatic carbocycles. The normalized spacial score (nSPS) is 10.6. The number of aryl methyl sites for hydroxylation is 1. The highest BCUT2D eigenvalue weighted by atomic mass is 79.9. The van der Waals surface area contributed by atoms with Crippen LogP contribution in [0.5, 0.6) is 5.75 Å². The topological polar surface area (TPSA) is 64.1 Å². The Hall–Kier alpha value is -2.25. The third-order valence-corrected chi connectivity index (χ3v) is 5.65. The van der Waals surface area contributed by atoms with Crippen molar-refractivity contribution in [3.8, 4) is 16.5 Å². The number of carbonyl (C=O) groups excluding carboxylic acids is 1. The molecule has 146 valence electrons. The second kappa shape index (κ2) is 10.3. The summed E-state index contributed by atoms with van der Waals surface area (Å²) in [6.07, 6.45) is 3.81. The van der Waals surface area contributed by atoms with E-state index in [1.807, 2.05) is 29.6 Å². The molecule has 0 fully saturated rings. The zero-order valence-electron chi connectivity index (χ0n) is 15.7. The zero-order chi connectivity index (χ0) is 19.8. The Kier molecular flexibility index (Phi) is 7.56. The van der Waals surface area contributed by atoms with Crippen LogP contribution < -0.4 is 10.1 Å². The van der Waals surface area contributed by atoms with Gasteiger partial charge in [-0.1, -0.05) is 19.1 Å². The Labute approximate surface area is 177 Å². The number of carbonyl (C=O) groups is 1. The smallest absolute Gasteiger partial charge is 0.220 e. The molecule has 0 aliphatic rings. The molecule has 1 N–H and O–H groups in total. The van der Waals surface area contributed by atoms with E-state index in [1.165, 1.54) is 16.9 Å². The largest absolute Gasteiger partial charge is 0.492 e. The monoisotopic (exact) mass is 459 g/mol. The summed E-state index contributed by atoms with van der Waals surface area (Å²) in [5.41, 5.74) is 2.95. The van der Waals surface area contributed by atoms with Crippen LogP contribution in [-0.2, 0) is 17.8 Å². The van der Waals surface area contributed by atoms with Gasteiger partial charge in [-0.25, -0.2) is 4.98 Å². The van der Waals surface area contributed by atoms with Crippen molar-refractivity contribution in [1.29, 1.82) is 0 Å². The quantitative estimate of drug-likeness (QED) is 0.457. The standard InChI is InChI=1S/C21H22BrN3O2S/c1-2-15-8-9-19(17(22)12-15)27-11-5-7-20(26)24-13-16-14-28-21(25-16)18-6-3-4-10-23-18/h3-4,6,8-10,12,14H,2,5,7,11,13H2,1H3,(H,24,26). The van der Waals surface area contributed by atoms with Crippen molar-refractivity contribution in [2.45, 2.75) is 32.7 Å². The van der Waals surface area contributed by atoms with Crippen LogP contribution in [-0.4, -0.2) is 22.5 Å². The number of benzene rings is 1. The fourth-order valence-corrected chi connectivity index (χ4v) is 3.90. The first-order valence-corrected chi connectivity index (χ1v) is 10.9. The van der Waals surface area contributed by atoms with Gasteiger partial charge in [-0.3, -0.25) is 9.78 Å². The maximum Gasteiger partial charge on any atom is 0.220 e. The summed E-state index contributed by atoms with van der Waals surface area (Å²) in [4.78, 5) is 20.9. The van der Waals surface area contributed by atoms with Crippen LogP contribution in [0.4, 0.5) is 0 Å². The van der Waals surface area contributed by atoms with Gasteiger partial charge >= 0.3 is 0 Å². The molecule has 7 heteroatoms. The number of ether oxygens (including phenoxy) is 1. The molecule has 0 radical (unpaired) electrons. The predicted octanol–water partition coefficient (Wildman–Crippen LogP) is 5.01. The van der Waals surface area contributed by atoms with Crippen molar-refractivity contribution < 1.29 is 9.53 Å². The summed E-state index contributed by atoms with van der Waals surface area (Å²) >= 11 is 5.05. The van der Waals surface area contributed by atoms with Gasteiger partial charge < -0.3 is 10.1 Å². The summed E-state index contributed by atoms with van der Waals surface area (Å²) < 4.78 is 6.71. The van der Waals surface area contributed by atoms with E-state index in [9.17, 15) is 4.79 Å². The van der Waals surface area contributed by atoms with E-state index in [-0.39, 0.29) is 5.91 Å². The van der Waals surface area contributed by atoms with Gasteiger partial charge in [-0.05, 0) is 58.6 Å². The van der Waals surface area contributed by atoms with Crippen molar-refractivity contribution in [3.05, 3.63) is 63.7 Å². The molecule has 3 rings (SSSR count). The van der Waals surface area contributed by atoms with Crippen LogP contribution in [0, 0.1) is 0 Å². The van der Waals surface area contributed by atoms with Crippen LogP contribution in [0.1, 0.15) is 31.0 Å². The van der Waals surface area contributed by atoms with Gasteiger partial charge in [0.1, 0.15) is 10.8 Å². The Morgan fingerprint density at radius 2 is 2.18 bits per heavy atom. The Morgan fingerprint density at radius 1 is 1.29 bits per heavy atom. The minimum absolute atomic E-state index is 0.00335. The van der Waals surface area contributed by atoms with Crippen molar-refractivity contribution in [2.24, 2.45) is 0 Å². The molecular formula is C21H22BrN3O2S. The zero-order valence-corrected chi connectivity index (χ0v) is 18.1. The summed E-state index contributed by atoms with van der Waals surface area (Å²) in [5.74, 6) is 0.804. The minimum Gasteiger partial charge on any atom is -0.492 e. The highest BCUT2D eigenvalue weighted by Crippen LogP contribution is 2.26. The number of thiazole rings is 1. The summed E-state index contributed by atoms with van der Waals surface area (Å²) in [6.45, 7) is 3.04. The maximum absolute atomic E-state index is 12.0. The number of hydrogen-bond donors (Lipinski definition) is 1. The van der Waals surface area contributed by atoms with Gasteiger partial charge in [0.15, 0.2) is 0 Å². The molecule has 0 aliphatic carbocycles. The fourth-order valence-electron chi connectivity index (χ4n) is 2.57. The predicted molar refractivity (Wildman–Crippen MR) is 115 cm³/mol. The average molecular weight is 460 g/mol. The van der Waals surface area contributed by atoms with Crippen LogP contribution >= 0.6 is 27.3 Å². The Balaban J connectivity index is 1.38. The first-order valence-electron chi connectivity index (χ1n) is 9.19. The van der Waals surface area contributed by atoms with E-state index in [2.05, 4.69) is 50.3 Å². The van der Waals surface area contributed by atoms with E-state index >= 15 is 0 Å². The summed E-state index contributed by atoms with van der Waals surface area (Å²) in [7, 11) is 0. The van der Waals surface area contributed by atoms with Gasteiger partial charge in [0.2, 0.25) is 5.91 Å². The van der Waals surface area contributed by atoms with Gasteiger partial charge in [0, 0.05) is 18.0 Å². The highest BCUT2D eigenvalue weighted by Gasteiger charge is 2.08. The average Bonchev–Trinajstić information content (AvgIpc) is 3.20. The molecule has 2 aromatic heterocycles. The molecule has 0 aliphatic heterocycles. The van der Waals surface area contributed by atoms with Crippen molar-refractivity contribution in [3.63, 3.8) is 0 Å². The molecule has 0 saturated carbocycles. The number of halogens is 1. The molecule has 0 unspecified atom stereocenters. The maximum atomic E-state index is 12.0. The van der Waals surface area contributed by atoms with Crippen molar-refractivity contribution in [2.75, 3.05) is 6.61 Å². The van der Waals surface area contributed by atoms with Gasteiger partial charge in [0.25, 0.3) is 0 Å². The lowest BCUT2D eigenvalue weighted by molar-refractivity contribution is -0.121. The van der Waals surface area contributed by atoms with Crippen molar-refractivity contribution >= 4 is 33.2 Å². The van der Waals surface area contributed by atoms with Gasteiger partial charge in [0.05, 0.1) is 29.0 Å². The second-order valence-corrected chi connectivity index (χ2v) is 7.92. The first-order chi connectivity index (χ1) is 13.7. The Bertz CT molecular complexity index is 915. The molecule has 0 spiro atoms. The summed E-state index contributed by atoms with van der Waals surface area (Å²) in [5, 5.41) is 5.72. The fraction of sp³-hybridized carbons (Fsp3) is 0.286. The van der Waals surface area contributed by atoms with E-state index in [4.69, 9.17) is 4.74 Å². The van der Waals surface area contributed by atoms with Gasteiger partial charge in [-0.2, -0.15) is 0 Å². The van der Waals surface area contributed by atoms with Crippen LogP contribution in [0.25, 0.3) is 10.7 Å². The van der Waals surface area contributed by atoms with E-state index in [0.717, 1.165) is 33.0 Å². The SMILES string of the molecule is CCc1ccc(OCCCC(=O)NCc2csc(-c3ccccn3)n2)c(Br)c1. The van der Waals surface area contributed by atoms with Crippen molar-refractivity contribution in [1.82, 2.24) is 15.3 Å². The lowest BCUT2D eigenvalue weighted by Crippen LogP contribution is -2.23. The molecular weight excluding hydrogens is 438 g/mol. The lowest BCUT2D eigenvalue weighted by Gasteiger charge is -2.09. The number of aromatic nitrogens is 2. The molecule has 0 saturated heterocycles. The Morgan fingerprint density at radius 3 is 2.93 bits per heavy atom. The number of hydrogen-bond acceptors (Lipinski definition) is 5. The second-order valence-electron chi connectivity index (χ2n) is 6.21. The summed E-state index contributed by atoms with van der Waals surface area (Å²) in [6, 6.07) is 11.8. The molecule has 1 amide bonds. The minimum atomic E-state index is -0.00335. The van der Waals surface area contributed by atoms with Crippen LogP contribution in [0.15, 0.2) is 52.4 Å². The third kappa shape index (κ3) is 5.87. The van der Waals surface area contributed by atoms with Crippen LogP contribution in [0.3, 0.4) is 0 Å². The number of rotatable bonds is 9. The third-order valence-electron chi connectivity index (χ3n) is 4.11. The molecule has 0 bridgehead atoms. The molecule has 0 atom stereocenters. The van der Waals surface area contributed by atoms with Crippen LogP contribution in [0.2, 0.25) is 0 Å². The highest BCUT2D eigenvalue weighted by molar-refractivity contribution is 9.10. The molecule has 5 nitrogen and oxygen atoms in total. The van der Waals surface area contributed by atoms with E-state index < -0.39 is 0 Å². The molecule has 3 aromatic rings. The molecule has 28 heavy (non-hydrogen) atoms. The number of pyridine rings is 1. The number of amides is 1. The lowest BCUT2D eigenvalue weighted by atomic mass is 10.2. The first kappa shape index (κ1) is 20.5. The number of nitrogens with one attached hydrogen (secondary N) is 1. The molecule has 2 heterocycles. The number of nitrogens with zero attached hydrogens (tertiary/aromatic N) is 2.